The molecule has 1 fully saturated rings. The molecule has 2 heterocycles. The summed E-state index contributed by atoms with van der Waals surface area (Å²) in [4.78, 5) is 34.1. The number of ether oxygens (including phenoxy) is 3. The van der Waals surface area contributed by atoms with Gasteiger partial charge in [0.25, 0.3) is 0 Å². The SMILES string of the molecule is C=C(C)C(=O)OCCNC(=O)N1CCOC(COc2cc(C)nc(C(C)C)n2)C1. The third-order valence-corrected chi connectivity index (χ3v) is 4.17. The van der Waals surface area contributed by atoms with Crippen molar-refractivity contribution in [1.29, 1.82) is 0 Å². The van der Waals surface area contributed by atoms with Gasteiger partial charge in [-0.05, 0) is 13.8 Å². The number of aryl methyl sites for hydroxylation is 1. The van der Waals surface area contributed by atoms with Crippen LogP contribution in [-0.4, -0.2) is 72.4 Å². The zero-order valence-electron chi connectivity index (χ0n) is 17.6. The van der Waals surface area contributed by atoms with Crippen molar-refractivity contribution >= 4 is 12.0 Å². The van der Waals surface area contributed by atoms with Crippen molar-refractivity contribution in [1.82, 2.24) is 20.2 Å². The van der Waals surface area contributed by atoms with Crippen LogP contribution in [0.1, 0.15) is 38.2 Å². The predicted octanol–water partition coefficient (Wildman–Crippen LogP) is 1.82. The zero-order chi connectivity index (χ0) is 21.4. The van der Waals surface area contributed by atoms with Crippen LogP contribution in [-0.2, 0) is 14.3 Å². The number of hydrogen-bond acceptors (Lipinski definition) is 7. The molecule has 1 N–H and O–H groups in total. The highest BCUT2D eigenvalue weighted by Gasteiger charge is 2.25. The van der Waals surface area contributed by atoms with E-state index in [1.165, 1.54) is 0 Å². The van der Waals surface area contributed by atoms with Gasteiger partial charge in [0.15, 0.2) is 0 Å². The molecule has 2 amide bonds. The third-order valence-electron chi connectivity index (χ3n) is 4.17. The first-order chi connectivity index (χ1) is 13.8. The molecular weight excluding hydrogens is 376 g/mol. The van der Waals surface area contributed by atoms with Gasteiger partial charge in [0.1, 0.15) is 25.1 Å². The van der Waals surface area contributed by atoms with Gasteiger partial charge < -0.3 is 24.4 Å². The van der Waals surface area contributed by atoms with Crippen LogP contribution in [0.4, 0.5) is 4.79 Å². The number of rotatable bonds is 8. The highest BCUT2D eigenvalue weighted by molar-refractivity contribution is 5.86. The smallest absolute Gasteiger partial charge is 0.333 e. The van der Waals surface area contributed by atoms with Crippen LogP contribution in [0, 0.1) is 6.92 Å². The Morgan fingerprint density at radius 1 is 1.41 bits per heavy atom. The summed E-state index contributed by atoms with van der Waals surface area (Å²) in [5.41, 5.74) is 1.17. The Bertz CT molecular complexity index is 738. The van der Waals surface area contributed by atoms with Crippen LogP contribution < -0.4 is 10.1 Å². The quantitative estimate of drug-likeness (QED) is 0.399. The molecular formula is C20H30N4O5. The minimum absolute atomic E-state index is 0.0968. The van der Waals surface area contributed by atoms with Crippen LogP contribution in [0.5, 0.6) is 5.88 Å². The molecule has 0 radical (unpaired) electrons. The molecule has 0 spiro atoms. The first-order valence-electron chi connectivity index (χ1n) is 9.71. The number of aromatic nitrogens is 2. The number of esters is 1. The lowest BCUT2D eigenvalue weighted by molar-refractivity contribution is -0.138. The van der Waals surface area contributed by atoms with Gasteiger partial charge in [0, 0.05) is 29.8 Å². The molecule has 9 heteroatoms. The van der Waals surface area contributed by atoms with E-state index in [0.29, 0.717) is 31.1 Å². The summed E-state index contributed by atoms with van der Waals surface area (Å²) < 4.78 is 16.5. The average Bonchev–Trinajstić information content (AvgIpc) is 2.69. The molecule has 29 heavy (non-hydrogen) atoms. The van der Waals surface area contributed by atoms with Gasteiger partial charge in [0.2, 0.25) is 5.88 Å². The van der Waals surface area contributed by atoms with Crippen molar-refractivity contribution in [2.45, 2.75) is 39.7 Å². The molecule has 1 aliphatic heterocycles. The maximum atomic E-state index is 12.3. The van der Waals surface area contributed by atoms with E-state index in [2.05, 4.69) is 21.9 Å². The summed E-state index contributed by atoms with van der Waals surface area (Å²) in [6, 6.07) is 1.55. The van der Waals surface area contributed by atoms with Crippen LogP contribution in [0.25, 0.3) is 0 Å². The molecule has 160 valence electrons. The van der Waals surface area contributed by atoms with Crippen molar-refractivity contribution in [3.05, 3.63) is 29.7 Å². The lowest BCUT2D eigenvalue weighted by Crippen LogP contribution is -2.51. The van der Waals surface area contributed by atoms with E-state index in [1.54, 1.807) is 17.9 Å². The maximum absolute atomic E-state index is 12.3. The van der Waals surface area contributed by atoms with Crippen molar-refractivity contribution < 1.29 is 23.8 Å². The number of nitrogens with one attached hydrogen (secondary N) is 1. The van der Waals surface area contributed by atoms with Gasteiger partial charge in [-0.3, -0.25) is 0 Å². The molecule has 0 aliphatic carbocycles. The predicted molar refractivity (Wildman–Crippen MR) is 107 cm³/mol. The molecule has 0 saturated carbocycles. The molecule has 2 rings (SSSR count). The van der Waals surface area contributed by atoms with E-state index in [-0.39, 0.29) is 37.8 Å². The van der Waals surface area contributed by atoms with Crippen molar-refractivity contribution in [2.75, 3.05) is 39.5 Å². The van der Waals surface area contributed by atoms with Crippen molar-refractivity contribution in [2.24, 2.45) is 0 Å². The monoisotopic (exact) mass is 406 g/mol. The first-order valence-corrected chi connectivity index (χ1v) is 9.71. The fourth-order valence-electron chi connectivity index (χ4n) is 2.61. The molecule has 1 aromatic rings. The Kier molecular flexibility index (Phi) is 8.38. The lowest BCUT2D eigenvalue weighted by atomic mass is 10.2. The highest BCUT2D eigenvalue weighted by atomic mass is 16.5. The summed E-state index contributed by atoms with van der Waals surface area (Å²) in [5.74, 6) is 0.976. The minimum Gasteiger partial charge on any atom is -0.475 e. The van der Waals surface area contributed by atoms with E-state index in [1.807, 2.05) is 20.8 Å². The number of nitrogens with zero attached hydrogens (tertiary/aromatic N) is 3. The van der Waals surface area contributed by atoms with Gasteiger partial charge >= 0.3 is 12.0 Å². The Labute approximate surface area is 171 Å². The van der Waals surface area contributed by atoms with E-state index < -0.39 is 5.97 Å². The van der Waals surface area contributed by atoms with E-state index in [4.69, 9.17) is 14.2 Å². The largest absolute Gasteiger partial charge is 0.475 e. The second kappa shape index (κ2) is 10.8. The molecule has 0 bridgehead atoms. The normalized spacial score (nSPS) is 16.4. The van der Waals surface area contributed by atoms with Gasteiger partial charge in [-0.25, -0.2) is 14.6 Å². The van der Waals surface area contributed by atoms with E-state index in [0.717, 1.165) is 11.5 Å². The second-order valence-corrected chi connectivity index (χ2v) is 7.26. The number of carbonyl (C=O) groups excluding carboxylic acids is 2. The number of hydrogen-bond donors (Lipinski definition) is 1. The summed E-state index contributed by atoms with van der Waals surface area (Å²) in [7, 11) is 0. The lowest BCUT2D eigenvalue weighted by Gasteiger charge is -2.32. The van der Waals surface area contributed by atoms with Crippen LogP contribution in [0.2, 0.25) is 0 Å². The van der Waals surface area contributed by atoms with Crippen LogP contribution >= 0.6 is 0 Å². The first kappa shape index (κ1) is 22.6. The highest BCUT2D eigenvalue weighted by Crippen LogP contribution is 2.16. The van der Waals surface area contributed by atoms with Crippen LogP contribution in [0.3, 0.4) is 0 Å². The van der Waals surface area contributed by atoms with E-state index in [9.17, 15) is 9.59 Å². The molecule has 0 aromatic carbocycles. The average molecular weight is 406 g/mol. The second-order valence-electron chi connectivity index (χ2n) is 7.26. The van der Waals surface area contributed by atoms with E-state index >= 15 is 0 Å². The number of amides is 2. The summed E-state index contributed by atoms with van der Waals surface area (Å²) in [6.45, 7) is 13.0. The Morgan fingerprint density at radius 2 is 2.17 bits per heavy atom. The Hall–Kier alpha value is -2.68. The molecule has 1 atom stereocenters. The topological polar surface area (TPSA) is 103 Å². The molecule has 1 saturated heterocycles. The summed E-state index contributed by atoms with van der Waals surface area (Å²) >= 11 is 0. The Balaban J connectivity index is 1.78. The number of carbonyl (C=O) groups is 2. The molecule has 1 aromatic heterocycles. The van der Waals surface area contributed by atoms with Crippen LogP contribution in [0.15, 0.2) is 18.2 Å². The zero-order valence-corrected chi connectivity index (χ0v) is 17.6. The minimum atomic E-state index is -0.469. The van der Waals surface area contributed by atoms with Gasteiger partial charge in [-0.2, -0.15) is 4.98 Å². The summed E-state index contributed by atoms with van der Waals surface area (Å²) in [6.07, 6.45) is -0.256. The molecule has 9 nitrogen and oxygen atoms in total. The van der Waals surface area contributed by atoms with Gasteiger partial charge in [-0.1, -0.05) is 20.4 Å². The maximum Gasteiger partial charge on any atom is 0.333 e. The summed E-state index contributed by atoms with van der Waals surface area (Å²) in [5, 5.41) is 2.73. The van der Waals surface area contributed by atoms with Crippen molar-refractivity contribution in [3.63, 3.8) is 0 Å². The molecule has 1 unspecified atom stereocenters. The standard InChI is InChI=1S/C20H30N4O5/c1-13(2)18-22-15(5)10-17(23-18)29-12-16-11-24(7-9-27-16)20(26)21-6-8-28-19(25)14(3)4/h10,13,16H,3,6-9,11-12H2,1-2,4-5H3,(H,21,26). The fraction of sp³-hybridized carbons (Fsp3) is 0.600. The third kappa shape index (κ3) is 7.34. The number of urea groups is 1. The molecule has 1 aliphatic rings. The number of morpholine rings is 1. The van der Waals surface area contributed by atoms with Gasteiger partial charge in [0.05, 0.1) is 19.7 Å². The van der Waals surface area contributed by atoms with Gasteiger partial charge in [-0.15, -0.1) is 0 Å². The van der Waals surface area contributed by atoms with Crippen molar-refractivity contribution in [3.8, 4) is 5.88 Å². The fourth-order valence-corrected chi connectivity index (χ4v) is 2.61. The Morgan fingerprint density at radius 3 is 2.86 bits per heavy atom.